The summed E-state index contributed by atoms with van der Waals surface area (Å²) in [5.41, 5.74) is 2.62. The number of thiazole rings is 1. The van der Waals surface area contributed by atoms with E-state index in [1.54, 1.807) is 11.3 Å². The highest BCUT2D eigenvalue weighted by Crippen LogP contribution is 2.05. The third-order valence-corrected chi connectivity index (χ3v) is 2.99. The van der Waals surface area contributed by atoms with E-state index >= 15 is 0 Å². The second kappa shape index (κ2) is 5.05. The molecule has 2 nitrogen and oxygen atoms in total. The lowest BCUT2D eigenvalue weighted by molar-refractivity contribution is 0.690. The molecule has 0 aliphatic rings. The highest BCUT2D eigenvalue weighted by molar-refractivity contribution is 7.09. The van der Waals surface area contributed by atoms with Crippen LogP contribution < -0.4 is 5.32 Å². The summed E-state index contributed by atoms with van der Waals surface area (Å²) in [4.78, 5) is 4.22. The van der Waals surface area contributed by atoms with Gasteiger partial charge in [-0.15, -0.1) is 11.3 Å². The Morgan fingerprint density at radius 2 is 2.00 bits per heavy atom. The van der Waals surface area contributed by atoms with Gasteiger partial charge in [0.1, 0.15) is 5.01 Å². The fourth-order valence-corrected chi connectivity index (χ4v) is 1.95. The minimum Gasteiger partial charge on any atom is -0.306 e. The lowest BCUT2D eigenvalue weighted by Crippen LogP contribution is -2.12. The van der Waals surface area contributed by atoms with Crippen LogP contribution in [-0.4, -0.2) is 4.98 Å². The Hall–Kier alpha value is -1.19. The second-order valence-electron chi connectivity index (χ2n) is 3.51. The third-order valence-electron chi connectivity index (χ3n) is 2.21. The molecule has 1 heterocycles. The quantitative estimate of drug-likeness (QED) is 0.853. The highest BCUT2D eigenvalue weighted by atomic mass is 32.1. The van der Waals surface area contributed by atoms with Crippen molar-refractivity contribution in [2.75, 3.05) is 0 Å². The molecule has 0 bridgehead atoms. The second-order valence-corrected chi connectivity index (χ2v) is 4.49. The molecule has 0 atom stereocenters. The van der Waals surface area contributed by atoms with Crippen molar-refractivity contribution in [2.45, 2.75) is 20.0 Å². The van der Waals surface area contributed by atoms with Gasteiger partial charge < -0.3 is 5.32 Å². The summed E-state index contributed by atoms with van der Waals surface area (Å²) in [6.07, 6.45) is 1.84. The van der Waals surface area contributed by atoms with Gasteiger partial charge in [0.05, 0.1) is 0 Å². The first-order valence-corrected chi connectivity index (χ1v) is 5.87. The molecule has 0 spiro atoms. The molecule has 0 saturated carbocycles. The number of nitrogens with one attached hydrogen (secondary N) is 1. The fourth-order valence-electron chi connectivity index (χ4n) is 1.36. The van der Waals surface area contributed by atoms with E-state index in [4.69, 9.17) is 0 Å². The van der Waals surface area contributed by atoms with Crippen LogP contribution in [0.2, 0.25) is 0 Å². The van der Waals surface area contributed by atoms with Gasteiger partial charge in [0.15, 0.2) is 0 Å². The van der Waals surface area contributed by atoms with E-state index in [0.29, 0.717) is 0 Å². The molecule has 2 aromatic rings. The van der Waals surface area contributed by atoms with Crippen LogP contribution in [0.1, 0.15) is 16.1 Å². The number of hydrogen-bond donors (Lipinski definition) is 1. The van der Waals surface area contributed by atoms with E-state index in [-0.39, 0.29) is 0 Å². The van der Waals surface area contributed by atoms with E-state index in [2.05, 4.69) is 41.5 Å². The average molecular weight is 218 g/mol. The van der Waals surface area contributed by atoms with Crippen molar-refractivity contribution < 1.29 is 0 Å². The van der Waals surface area contributed by atoms with Crippen LogP contribution in [-0.2, 0) is 13.1 Å². The Morgan fingerprint density at radius 3 is 2.67 bits per heavy atom. The van der Waals surface area contributed by atoms with Crippen molar-refractivity contribution in [3.05, 3.63) is 52.0 Å². The van der Waals surface area contributed by atoms with Crippen molar-refractivity contribution in [3.63, 3.8) is 0 Å². The normalized spacial score (nSPS) is 10.5. The lowest BCUT2D eigenvalue weighted by atomic mass is 10.1. The van der Waals surface area contributed by atoms with E-state index in [1.165, 1.54) is 11.1 Å². The largest absolute Gasteiger partial charge is 0.306 e. The summed E-state index contributed by atoms with van der Waals surface area (Å²) in [6, 6.07) is 8.59. The monoisotopic (exact) mass is 218 g/mol. The molecule has 0 unspecified atom stereocenters. The number of rotatable bonds is 4. The molecule has 15 heavy (non-hydrogen) atoms. The molecular formula is C12H14N2S. The molecule has 0 saturated heterocycles. The first-order chi connectivity index (χ1) is 7.34. The standard InChI is InChI=1S/C12H14N2S/c1-10-2-4-11(5-3-10)8-13-9-12-14-6-7-15-12/h2-7,13H,8-9H2,1H3. The van der Waals surface area contributed by atoms with Gasteiger partial charge in [-0.3, -0.25) is 0 Å². The summed E-state index contributed by atoms with van der Waals surface area (Å²) in [6.45, 7) is 3.86. The summed E-state index contributed by atoms with van der Waals surface area (Å²) in [5, 5.41) is 6.52. The zero-order chi connectivity index (χ0) is 10.5. The van der Waals surface area contributed by atoms with Gasteiger partial charge in [0.2, 0.25) is 0 Å². The van der Waals surface area contributed by atoms with Crippen LogP contribution in [0.3, 0.4) is 0 Å². The first kappa shape index (κ1) is 10.3. The Morgan fingerprint density at radius 1 is 1.20 bits per heavy atom. The topological polar surface area (TPSA) is 24.9 Å². The number of aromatic nitrogens is 1. The molecule has 0 aliphatic carbocycles. The van der Waals surface area contributed by atoms with Gasteiger partial charge in [-0.05, 0) is 12.5 Å². The van der Waals surface area contributed by atoms with Crippen molar-refractivity contribution in [3.8, 4) is 0 Å². The van der Waals surface area contributed by atoms with Crippen LogP contribution in [0.15, 0.2) is 35.8 Å². The molecule has 0 aliphatic heterocycles. The van der Waals surface area contributed by atoms with Gasteiger partial charge in [0.25, 0.3) is 0 Å². The Bertz CT molecular complexity index is 392. The molecule has 0 fully saturated rings. The van der Waals surface area contributed by atoms with Crippen LogP contribution in [0.25, 0.3) is 0 Å². The molecular weight excluding hydrogens is 204 g/mol. The summed E-state index contributed by atoms with van der Waals surface area (Å²) < 4.78 is 0. The molecule has 1 aromatic heterocycles. The van der Waals surface area contributed by atoms with Crippen molar-refractivity contribution >= 4 is 11.3 Å². The fraction of sp³-hybridized carbons (Fsp3) is 0.250. The Labute approximate surface area is 94.0 Å². The lowest BCUT2D eigenvalue weighted by Gasteiger charge is -2.03. The maximum atomic E-state index is 4.22. The predicted octanol–water partition coefficient (Wildman–Crippen LogP) is 2.74. The summed E-state index contributed by atoms with van der Waals surface area (Å²) in [7, 11) is 0. The zero-order valence-electron chi connectivity index (χ0n) is 8.73. The van der Waals surface area contributed by atoms with Crippen LogP contribution in [0.5, 0.6) is 0 Å². The Balaban J connectivity index is 1.81. The van der Waals surface area contributed by atoms with Crippen molar-refractivity contribution in [1.82, 2.24) is 10.3 Å². The van der Waals surface area contributed by atoms with E-state index < -0.39 is 0 Å². The molecule has 2 rings (SSSR count). The average Bonchev–Trinajstić information content (AvgIpc) is 2.74. The van der Waals surface area contributed by atoms with Gasteiger partial charge in [-0.25, -0.2) is 4.98 Å². The van der Waals surface area contributed by atoms with Crippen LogP contribution in [0, 0.1) is 6.92 Å². The number of benzene rings is 1. The van der Waals surface area contributed by atoms with Crippen molar-refractivity contribution in [1.29, 1.82) is 0 Å². The number of nitrogens with zero attached hydrogens (tertiary/aromatic N) is 1. The minimum absolute atomic E-state index is 0.853. The van der Waals surface area contributed by atoms with Crippen molar-refractivity contribution in [2.24, 2.45) is 0 Å². The van der Waals surface area contributed by atoms with E-state index in [9.17, 15) is 0 Å². The third kappa shape index (κ3) is 3.15. The molecule has 1 aromatic carbocycles. The van der Waals surface area contributed by atoms with Gasteiger partial charge in [-0.1, -0.05) is 29.8 Å². The SMILES string of the molecule is Cc1ccc(CNCc2nccs2)cc1. The molecule has 78 valence electrons. The predicted molar refractivity (Wildman–Crippen MR) is 63.8 cm³/mol. The zero-order valence-corrected chi connectivity index (χ0v) is 9.55. The minimum atomic E-state index is 0.853. The molecule has 0 radical (unpaired) electrons. The van der Waals surface area contributed by atoms with Crippen LogP contribution in [0.4, 0.5) is 0 Å². The van der Waals surface area contributed by atoms with E-state index in [0.717, 1.165) is 18.1 Å². The van der Waals surface area contributed by atoms with Crippen LogP contribution >= 0.6 is 11.3 Å². The molecule has 3 heteroatoms. The number of hydrogen-bond acceptors (Lipinski definition) is 3. The maximum Gasteiger partial charge on any atom is 0.106 e. The Kier molecular flexibility index (Phi) is 3.48. The highest BCUT2D eigenvalue weighted by Gasteiger charge is 1.95. The maximum absolute atomic E-state index is 4.22. The van der Waals surface area contributed by atoms with E-state index in [1.807, 2.05) is 11.6 Å². The van der Waals surface area contributed by atoms with Gasteiger partial charge >= 0.3 is 0 Å². The number of aryl methyl sites for hydroxylation is 1. The molecule has 0 amide bonds. The summed E-state index contributed by atoms with van der Waals surface area (Å²) in [5.74, 6) is 0. The summed E-state index contributed by atoms with van der Waals surface area (Å²) >= 11 is 1.69. The van der Waals surface area contributed by atoms with Gasteiger partial charge in [-0.2, -0.15) is 0 Å². The van der Waals surface area contributed by atoms with Gasteiger partial charge in [0, 0.05) is 24.7 Å². The molecule has 1 N–H and O–H groups in total. The smallest absolute Gasteiger partial charge is 0.106 e. The first-order valence-electron chi connectivity index (χ1n) is 4.99.